The lowest BCUT2D eigenvalue weighted by Gasteiger charge is -2.06. The van der Waals surface area contributed by atoms with Crippen molar-refractivity contribution >= 4 is 23.4 Å². The Morgan fingerprint density at radius 3 is 2.57 bits per heavy atom. The predicted octanol–water partition coefficient (Wildman–Crippen LogP) is 3.99. The molecule has 0 saturated heterocycles. The Bertz CT molecular complexity index is 659. The average Bonchev–Trinajstić information content (AvgIpc) is 2.50. The van der Waals surface area contributed by atoms with Gasteiger partial charge in [0.2, 0.25) is 5.91 Å². The summed E-state index contributed by atoms with van der Waals surface area (Å²) in [5, 5.41) is 11.5. The van der Waals surface area contributed by atoms with Crippen LogP contribution >= 0.6 is 11.8 Å². The molecule has 1 amide bonds. The number of hydrogen-bond donors (Lipinski definition) is 1. The topological polar surface area (TPSA) is 52.9 Å². The Labute approximate surface area is 129 Å². The maximum atomic E-state index is 11.9. The van der Waals surface area contributed by atoms with Gasteiger partial charge in [0.1, 0.15) is 0 Å². The molecule has 0 aliphatic rings. The first-order valence-electron chi connectivity index (χ1n) is 6.67. The Morgan fingerprint density at radius 1 is 1.19 bits per heavy atom. The van der Waals surface area contributed by atoms with Gasteiger partial charge < -0.3 is 5.32 Å². The fraction of sp³-hybridized carbons (Fsp3) is 0.176. The van der Waals surface area contributed by atoms with Crippen LogP contribution in [-0.2, 0) is 4.79 Å². The highest BCUT2D eigenvalue weighted by molar-refractivity contribution is 7.99. The minimum absolute atomic E-state index is 0.0132. The van der Waals surface area contributed by atoms with E-state index < -0.39 is 0 Å². The molecule has 0 radical (unpaired) electrons. The molecule has 1 N–H and O–H groups in total. The van der Waals surface area contributed by atoms with E-state index in [1.54, 1.807) is 36.0 Å². The molecule has 0 aliphatic carbocycles. The van der Waals surface area contributed by atoms with Crippen LogP contribution in [0.5, 0.6) is 0 Å². The molecule has 0 unspecified atom stereocenters. The molecular formula is C17H16N2OS. The molecule has 2 rings (SSSR count). The Kier molecular flexibility index (Phi) is 5.42. The highest BCUT2D eigenvalue weighted by atomic mass is 32.2. The Balaban J connectivity index is 1.80. The molecule has 0 spiro atoms. The van der Waals surface area contributed by atoms with Crippen LogP contribution < -0.4 is 5.32 Å². The van der Waals surface area contributed by atoms with Gasteiger partial charge in [-0.2, -0.15) is 5.26 Å². The first-order valence-corrected chi connectivity index (χ1v) is 7.66. The minimum atomic E-state index is -0.0132. The van der Waals surface area contributed by atoms with Crippen molar-refractivity contribution in [2.45, 2.75) is 18.2 Å². The first kappa shape index (κ1) is 15.1. The van der Waals surface area contributed by atoms with Gasteiger partial charge in [-0.25, -0.2) is 0 Å². The van der Waals surface area contributed by atoms with E-state index in [1.807, 2.05) is 18.2 Å². The number of carbonyl (C=O) groups excluding carboxylic acids is 1. The summed E-state index contributed by atoms with van der Waals surface area (Å²) in [7, 11) is 0. The number of hydrogen-bond acceptors (Lipinski definition) is 3. The van der Waals surface area contributed by atoms with Crippen molar-refractivity contribution in [1.82, 2.24) is 0 Å². The third kappa shape index (κ3) is 4.66. The van der Waals surface area contributed by atoms with Gasteiger partial charge in [0, 0.05) is 22.8 Å². The lowest BCUT2D eigenvalue weighted by atomic mass is 10.2. The van der Waals surface area contributed by atoms with Crippen molar-refractivity contribution in [1.29, 1.82) is 5.26 Å². The number of aryl methyl sites for hydroxylation is 1. The summed E-state index contributed by atoms with van der Waals surface area (Å²) >= 11 is 1.69. The van der Waals surface area contributed by atoms with Gasteiger partial charge in [0.25, 0.3) is 0 Å². The zero-order valence-corrected chi connectivity index (χ0v) is 12.6. The summed E-state index contributed by atoms with van der Waals surface area (Å²) in [6.45, 7) is 2.07. The quantitative estimate of drug-likeness (QED) is 0.849. The van der Waals surface area contributed by atoms with E-state index in [0.717, 1.165) is 11.4 Å². The highest BCUT2D eigenvalue weighted by Gasteiger charge is 2.04. The van der Waals surface area contributed by atoms with Crippen LogP contribution in [0.4, 0.5) is 5.69 Å². The van der Waals surface area contributed by atoms with Gasteiger partial charge in [0.05, 0.1) is 11.6 Å². The predicted molar refractivity (Wildman–Crippen MR) is 86.3 cm³/mol. The molecule has 3 nitrogen and oxygen atoms in total. The van der Waals surface area contributed by atoms with Crippen LogP contribution in [0.15, 0.2) is 53.4 Å². The Morgan fingerprint density at radius 2 is 1.90 bits per heavy atom. The van der Waals surface area contributed by atoms with E-state index in [2.05, 4.69) is 24.4 Å². The van der Waals surface area contributed by atoms with Gasteiger partial charge >= 0.3 is 0 Å². The molecule has 106 valence electrons. The van der Waals surface area contributed by atoms with E-state index in [9.17, 15) is 4.79 Å². The van der Waals surface area contributed by atoms with Crippen molar-refractivity contribution in [3.05, 3.63) is 59.7 Å². The smallest absolute Gasteiger partial charge is 0.225 e. The standard InChI is InChI=1S/C17H16N2OS/c1-13-4-2-3-5-16(13)21-11-10-17(20)19-15-8-6-14(12-18)7-9-15/h2-9H,10-11H2,1H3,(H,19,20). The van der Waals surface area contributed by atoms with Gasteiger partial charge in [-0.15, -0.1) is 11.8 Å². The molecule has 0 aromatic heterocycles. The van der Waals surface area contributed by atoms with E-state index in [1.165, 1.54) is 10.5 Å². The summed E-state index contributed by atoms with van der Waals surface area (Å²) in [4.78, 5) is 13.1. The van der Waals surface area contributed by atoms with Gasteiger partial charge in [-0.1, -0.05) is 18.2 Å². The van der Waals surface area contributed by atoms with Crippen LogP contribution in [0, 0.1) is 18.3 Å². The fourth-order valence-corrected chi connectivity index (χ4v) is 2.80. The van der Waals surface area contributed by atoms with Crippen LogP contribution in [0.1, 0.15) is 17.5 Å². The normalized spacial score (nSPS) is 9.90. The van der Waals surface area contributed by atoms with Gasteiger partial charge in [-0.3, -0.25) is 4.79 Å². The second-order valence-corrected chi connectivity index (χ2v) is 5.74. The van der Waals surface area contributed by atoms with Gasteiger partial charge in [-0.05, 0) is 42.8 Å². The van der Waals surface area contributed by atoms with Crippen molar-refractivity contribution < 1.29 is 4.79 Å². The van der Waals surface area contributed by atoms with Crippen molar-refractivity contribution in [2.24, 2.45) is 0 Å². The number of rotatable bonds is 5. The van der Waals surface area contributed by atoms with Crippen molar-refractivity contribution in [3.8, 4) is 6.07 Å². The zero-order valence-electron chi connectivity index (χ0n) is 11.8. The van der Waals surface area contributed by atoms with Crippen LogP contribution in [0.3, 0.4) is 0 Å². The fourth-order valence-electron chi connectivity index (χ4n) is 1.82. The largest absolute Gasteiger partial charge is 0.326 e. The van der Waals surface area contributed by atoms with Crippen LogP contribution in [-0.4, -0.2) is 11.7 Å². The second kappa shape index (κ2) is 7.51. The summed E-state index contributed by atoms with van der Waals surface area (Å²) in [6, 6.07) is 17.1. The molecule has 4 heteroatoms. The lowest BCUT2D eigenvalue weighted by molar-refractivity contribution is -0.115. The summed E-state index contributed by atoms with van der Waals surface area (Å²) in [5.41, 5.74) is 2.54. The number of amides is 1. The summed E-state index contributed by atoms with van der Waals surface area (Å²) < 4.78 is 0. The van der Waals surface area contributed by atoms with E-state index in [4.69, 9.17) is 5.26 Å². The van der Waals surface area contributed by atoms with Crippen molar-refractivity contribution in [2.75, 3.05) is 11.1 Å². The highest BCUT2D eigenvalue weighted by Crippen LogP contribution is 2.22. The summed E-state index contributed by atoms with van der Waals surface area (Å²) in [6.07, 6.45) is 0.457. The van der Waals surface area contributed by atoms with E-state index >= 15 is 0 Å². The molecule has 2 aromatic carbocycles. The molecule has 0 saturated carbocycles. The molecule has 0 bridgehead atoms. The number of carbonyl (C=O) groups is 1. The first-order chi connectivity index (χ1) is 10.2. The molecule has 0 aliphatic heterocycles. The number of benzene rings is 2. The SMILES string of the molecule is Cc1ccccc1SCCC(=O)Nc1ccc(C#N)cc1. The molecule has 2 aromatic rings. The minimum Gasteiger partial charge on any atom is -0.326 e. The monoisotopic (exact) mass is 296 g/mol. The maximum absolute atomic E-state index is 11.9. The number of anilines is 1. The zero-order chi connectivity index (χ0) is 15.1. The molecular weight excluding hydrogens is 280 g/mol. The Hall–Kier alpha value is -2.25. The molecule has 21 heavy (non-hydrogen) atoms. The number of thioether (sulfide) groups is 1. The maximum Gasteiger partial charge on any atom is 0.225 e. The molecule has 0 heterocycles. The number of nitriles is 1. The van der Waals surface area contributed by atoms with E-state index in [-0.39, 0.29) is 5.91 Å². The number of nitrogens with one attached hydrogen (secondary N) is 1. The summed E-state index contributed by atoms with van der Waals surface area (Å²) in [5.74, 6) is 0.730. The van der Waals surface area contributed by atoms with E-state index in [0.29, 0.717) is 12.0 Å². The third-order valence-electron chi connectivity index (χ3n) is 2.98. The average molecular weight is 296 g/mol. The molecule has 0 atom stereocenters. The van der Waals surface area contributed by atoms with Crippen molar-refractivity contribution in [3.63, 3.8) is 0 Å². The number of nitrogens with zero attached hydrogens (tertiary/aromatic N) is 1. The van der Waals surface area contributed by atoms with Crippen LogP contribution in [0.25, 0.3) is 0 Å². The van der Waals surface area contributed by atoms with Crippen LogP contribution in [0.2, 0.25) is 0 Å². The second-order valence-electron chi connectivity index (χ2n) is 4.60. The lowest BCUT2D eigenvalue weighted by Crippen LogP contribution is -2.12. The van der Waals surface area contributed by atoms with Gasteiger partial charge in [0.15, 0.2) is 0 Å². The molecule has 0 fully saturated rings. The third-order valence-corrected chi connectivity index (χ3v) is 4.16.